The van der Waals surface area contributed by atoms with E-state index in [1.165, 1.54) is 0 Å². The molecule has 6 nitrogen and oxygen atoms in total. The smallest absolute Gasteiger partial charge is 0.238 e. The molecular weight excluding hydrogens is 360 g/mol. The quantitative estimate of drug-likeness (QED) is 0.770. The maximum absolute atomic E-state index is 12.4. The fourth-order valence-corrected chi connectivity index (χ4v) is 3.45. The molecule has 1 aromatic carbocycles. The minimum absolute atomic E-state index is 0.0272. The first-order chi connectivity index (χ1) is 13.0. The molecule has 144 valence electrons. The van der Waals surface area contributed by atoms with E-state index in [0.717, 1.165) is 53.9 Å². The highest BCUT2D eigenvalue weighted by Gasteiger charge is 2.21. The average Bonchev–Trinajstić information content (AvgIpc) is 3.17. The summed E-state index contributed by atoms with van der Waals surface area (Å²) in [5.41, 5.74) is 3.09. The van der Waals surface area contributed by atoms with Crippen LogP contribution in [0.5, 0.6) is 0 Å². The monoisotopic (exact) mass is 386 g/mol. The van der Waals surface area contributed by atoms with Gasteiger partial charge in [0.05, 0.1) is 19.4 Å². The van der Waals surface area contributed by atoms with E-state index in [1.807, 2.05) is 44.2 Å². The second-order valence-electron chi connectivity index (χ2n) is 6.82. The Bertz CT molecular complexity index is 763. The van der Waals surface area contributed by atoms with Gasteiger partial charge in [0, 0.05) is 31.9 Å². The fraction of sp³-hybridized carbons (Fsp3) is 0.400. The number of nitrogens with one attached hydrogen (secondary N) is 2. The number of aryl methyl sites for hydroxylation is 2. The maximum atomic E-state index is 12.4. The molecule has 27 heavy (non-hydrogen) atoms. The number of benzene rings is 1. The molecule has 0 aliphatic carbocycles. The summed E-state index contributed by atoms with van der Waals surface area (Å²) in [6.45, 7) is 8.24. The summed E-state index contributed by atoms with van der Waals surface area (Å²) in [5.74, 6) is 0.888. The fourth-order valence-electron chi connectivity index (χ4n) is 3.19. The third-order valence-electron chi connectivity index (χ3n) is 4.77. The van der Waals surface area contributed by atoms with Crippen molar-refractivity contribution >= 4 is 28.9 Å². The minimum atomic E-state index is 0.0272. The van der Waals surface area contributed by atoms with Crippen molar-refractivity contribution in [2.24, 2.45) is 0 Å². The molecule has 2 N–H and O–H groups in total. The lowest BCUT2D eigenvalue weighted by atomic mass is 10.1. The van der Waals surface area contributed by atoms with Crippen LogP contribution in [-0.4, -0.2) is 53.5 Å². The second kappa shape index (κ2) is 9.01. The molecule has 0 saturated carbocycles. The zero-order valence-corrected chi connectivity index (χ0v) is 16.6. The molecule has 0 atom stereocenters. The van der Waals surface area contributed by atoms with Gasteiger partial charge in [0.25, 0.3) is 0 Å². The normalized spacial score (nSPS) is 14.8. The molecule has 3 rings (SSSR count). The molecule has 0 radical (unpaired) electrons. The Morgan fingerprint density at radius 3 is 2.44 bits per heavy atom. The number of carbonyl (C=O) groups excluding carboxylic acids is 1. The van der Waals surface area contributed by atoms with Crippen molar-refractivity contribution in [2.75, 3.05) is 38.0 Å². The number of amides is 1. The summed E-state index contributed by atoms with van der Waals surface area (Å²) in [6, 6.07) is 9.81. The van der Waals surface area contributed by atoms with Gasteiger partial charge in [0.1, 0.15) is 5.76 Å². The lowest BCUT2D eigenvalue weighted by Gasteiger charge is -2.35. The number of carbonyl (C=O) groups is 1. The largest absolute Gasteiger partial charge is 0.467 e. The van der Waals surface area contributed by atoms with Crippen LogP contribution >= 0.6 is 12.2 Å². The van der Waals surface area contributed by atoms with E-state index >= 15 is 0 Å². The van der Waals surface area contributed by atoms with Gasteiger partial charge in [-0.1, -0.05) is 18.2 Å². The zero-order chi connectivity index (χ0) is 19.2. The Morgan fingerprint density at radius 2 is 1.81 bits per heavy atom. The van der Waals surface area contributed by atoms with Crippen molar-refractivity contribution in [3.05, 3.63) is 53.5 Å². The summed E-state index contributed by atoms with van der Waals surface area (Å²) in [7, 11) is 0. The second-order valence-corrected chi connectivity index (χ2v) is 7.20. The third kappa shape index (κ3) is 5.30. The molecule has 1 aliphatic rings. The summed E-state index contributed by atoms with van der Waals surface area (Å²) in [6.07, 6.45) is 1.66. The number of hydrogen-bond acceptors (Lipinski definition) is 4. The van der Waals surface area contributed by atoms with E-state index in [4.69, 9.17) is 16.6 Å². The van der Waals surface area contributed by atoms with E-state index in [9.17, 15) is 4.79 Å². The van der Waals surface area contributed by atoms with Crippen LogP contribution in [0.1, 0.15) is 16.9 Å². The van der Waals surface area contributed by atoms with Gasteiger partial charge >= 0.3 is 0 Å². The van der Waals surface area contributed by atoms with E-state index in [1.54, 1.807) is 6.26 Å². The standard InChI is InChI=1S/C20H26N4O2S/c1-15-5-3-6-16(2)19(15)22-18(25)14-23-8-10-24(11-9-23)20(27)21-13-17-7-4-12-26-17/h3-7,12H,8-11,13-14H2,1-2H3,(H,21,27)(H,22,25). The Labute approximate surface area is 165 Å². The van der Waals surface area contributed by atoms with E-state index in [2.05, 4.69) is 20.4 Å². The van der Waals surface area contributed by atoms with Crippen molar-refractivity contribution in [1.29, 1.82) is 0 Å². The summed E-state index contributed by atoms with van der Waals surface area (Å²) >= 11 is 5.46. The van der Waals surface area contributed by atoms with E-state index in [0.29, 0.717) is 13.1 Å². The lowest BCUT2D eigenvalue weighted by Crippen LogP contribution is -2.52. The highest BCUT2D eigenvalue weighted by molar-refractivity contribution is 7.80. The number of anilines is 1. The third-order valence-corrected chi connectivity index (χ3v) is 5.17. The van der Waals surface area contributed by atoms with Crippen LogP contribution in [0.25, 0.3) is 0 Å². The molecule has 1 aromatic heterocycles. The van der Waals surface area contributed by atoms with Crippen LogP contribution in [-0.2, 0) is 11.3 Å². The van der Waals surface area contributed by atoms with Gasteiger partial charge in [-0.3, -0.25) is 9.69 Å². The number of rotatable bonds is 5. The summed E-state index contributed by atoms with van der Waals surface area (Å²) in [5, 5.41) is 7.00. The molecule has 1 amide bonds. The van der Waals surface area contributed by atoms with Gasteiger partial charge in [0.2, 0.25) is 5.91 Å². The highest BCUT2D eigenvalue weighted by Crippen LogP contribution is 2.19. The number of piperazine rings is 1. The van der Waals surface area contributed by atoms with Crippen LogP contribution < -0.4 is 10.6 Å². The van der Waals surface area contributed by atoms with Crippen LogP contribution in [0.4, 0.5) is 5.69 Å². The number of thiocarbonyl (C=S) groups is 1. The SMILES string of the molecule is Cc1cccc(C)c1NC(=O)CN1CCN(C(=S)NCc2ccco2)CC1. The molecule has 2 aromatic rings. The average molecular weight is 387 g/mol. The summed E-state index contributed by atoms with van der Waals surface area (Å²) < 4.78 is 5.30. The van der Waals surface area contributed by atoms with E-state index < -0.39 is 0 Å². The van der Waals surface area contributed by atoms with Crippen molar-refractivity contribution in [3.8, 4) is 0 Å². The number of nitrogens with zero attached hydrogens (tertiary/aromatic N) is 2. The predicted octanol–water partition coefficient (Wildman–Crippen LogP) is 2.53. The lowest BCUT2D eigenvalue weighted by molar-refractivity contribution is -0.117. The summed E-state index contributed by atoms with van der Waals surface area (Å²) in [4.78, 5) is 16.7. The topological polar surface area (TPSA) is 60.8 Å². The number of para-hydroxylation sites is 1. The number of furan rings is 1. The molecule has 0 unspecified atom stereocenters. The number of hydrogen-bond donors (Lipinski definition) is 2. The van der Waals surface area contributed by atoms with Gasteiger partial charge in [-0.15, -0.1) is 0 Å². The Kier molecular flexibility index (Phi) is 6.47. The van der Waals surface area contributed by atoms with Crippen molar-refractivity contribution in [2.45, 2.75) is 20.4 Å². The van der Waals surface area contributed by atoms with Crippen molar-refractivity contribution in [1.82, 2.24) is 15.1 Å². The predicted molar refractivity (Wildman–Crippen MR) is 111 cm³/mol. The van der Waals surface area contributed by atoms with Crippen molar-refractivity contribution in [3.63, 3.8) is 0 Å². The Hall–Kier alpha value is -2.38. The molecule has 7 heteroatoms. The van der Waals surface area contributed by atoms with Gasteiger partial charge in [-0.25, -0.2) is 0 Å². The molecule has 2 heterocycles. The Morgan fingerprint density at radius 1 is 1.11 bits per heavy atom. The Balaban J connectivity index is 1.42. The van der Waals surface area contributed by atoms with Crippen molar-refractivity contribution < 1.29 is 9.21 Å². The first kappa shape index (κ1) is 19.4. The minimum Gasteiger partial charge on any atom is -0.467 e. The van der Waals surface area contributed by atoms with Crippen LogP contribution in [0.15, 0.2) is 41.0 Å². The van der Waals surface area contributed by atoms with Crippen LogP contribution in [0.3, 0.4) is 0 Å². The van der Waals surface area contributed by atoms with Gasteiger partial charge in [-0.05, 0) is 49.3 Å². The molecular formula is C20H26N4O2S. The molecule has 1 aliphatic heterocycles. The molecule has 0 bridgehead atoms. The first-order valence-corrected chi connectivity index (χ1v) is 9.57. The van der Waals surface area contributed by atoms with Gasteiger partial charge < -0.3 is 20.0 Å². The molecule has 0 spiro atoms. The van der Waals surface area contributed by atoms with Crippen LogP contribution in [0.2, 0.25) is 0 Å². The maximum Gasteiger partial charge on any atom is 0.238 e. The van der Waals surface area contributed by atoms with Gasteiger partial charge in [0.15, 0.2) is 5.11 Å². The van der Waals surface area contributed by atoms with E-state index in [-0.39, 0.29) is 5.91 Å². The zero-order valence-electron chi connectivity index (χ0n) is 15.8. The van der Waals surface area contributed by atoms with Gasteiger partial charge in [-0.2, -0.15) is 0 Å². The van der Waals surface area contributed by atoms with Crippen LogP contribution in [0, 0.1) is 13.8 Å². The highest BCUT2D eigenvalue weighted by atomic mass is 32.1. The molecule has 1 fully saturated rings. The first-order valence-electron chi connectivity index (χ1n) is 9.16. The molecule has 1 saturated heterocycles.